The number of ketones is 1. The molecular weight excluding hydrogens is 300 g/mol. The number of carbonyl (C=O) groups is 1. The molecule has 1 aromatic heterocycles. The molecule has 2 aromatic carbocycles. The Morgan fingerprint density at radius 2 is 2.00 bits per heavy atom. The van der Waals surface area contributed by atoms with Crippen LogP contribution >= 0.6 is 0 Å². The van der Waals surface area contributed by atoms with Crippen LogP contribution in [0.2, 0.25) is 0 Å². The van der Waals surface area contributed by atoms with E-state index in [-0.39, 0.29) is 5.78 Å². The van der Waals surface area contributed by atoms with Gasteiger partial charge in [0.05, 0.1) is 18.9 Å². The maximum atomic E-state index is 12.7. The molecule has 0 atom stereocenters. The molecule has 3 rings (SSSR count). The van der Waals surface area contributed by atoms with Gasteiger partial charge in [0.25, 0.3) is 0 Å². The molecule has 0 amide bonds. The highest BCUT2D eigenvalue weighted by Crippen LogP contribution is 2.28. The lowest BCUT2D eigenvalue weighted by atomic mass is 9.98. The minimum Gasteiger partial charge on any atom is -0.496 e. The van der Waals surface area contributed by atoms with Gasteiger partial charge in [-0.2, -0.15) is 5.10 Å². The van der Waals surface area contributed by atoms with Gasteiger partial charge in [-0.15, -0.1) is 0 Å². The summed E-state index contributed by atoms with van der Waals surface area (Å²) in [6.07, 6.45) is 4.09. The van der Waals surface area contributed by atoms with Gasteiger partial charge in [0.2, 0.25) is 0 Å². The van der Waals surface area contributed by atoms with Crippen LogP contribution in [-0.2, 0) is 13.5 Å². The zero-order valence-corrected chi connectivity index (χ0v) is 14.1. The van der Waals surface area contributed by atoms with E-state index in [1.807, 2.05) is 62.6 Å². The van der Waals surface area contributed by atoms with Crippen LogP contribution in [0, 0.1) is 6.92 Å². The van der Waals surface area contributed by atoms with E-state index in [2.05, 4.69) is 5.10 Å². The molecule has 0 unspecified atom stereocenters. The summed E-state index contributed by atoms with van der Waals surface area (Å²) in [5, 5.41) is 4.18. The van der Waals surface area contributed by atoms with Crippen molar-refractivity contribution in [2.24, 2.45) is 7.05 Å². The number of hydrogen-bond donors (Lipinski definition) is 0. The number of rotatable bonds is 5. The van der Waals surface area contributed by atoms with Crippen LogP contribution in [0.4, 0.5) is 0 Å². The maximum Gasteiger partial charge on any atom is 0.170 e. The highest BCUT2D eigenvalue weighted by molar-refractivity contribution is 6.00. The fraction of sp³-hybridized carbons (Fsp3) is 0.200. The number of nitrogens with zero attached hydrogens (tertiary/aromatic N) is 2. The van der Waals surface area contributed by atoms with E-state index in [1.165, 1.54) is 0 Å². The third-order valence-electron chi connectivity index (χ3n) is 3.99. The van der Waals surface area contributed by atoms with E-state index in [4.69, 9.17) is 4.74 Å². The van der Waals surface area contributed by atoms with E-state index >= 15 is 0 Å². The molecule has 4 heteroatoms. The number of hydrogen-bond acceptors (Lipinski definition) is 3. The van der Waals surface area contributed by atoms with Crippen molar-refractivity contribution in [1.29, 1.82) is 0 Å². The molecule has 0 N–H and O–H groups in total. The smallest absolute Gasteiger partial charge is 0.170 e. The topological polar surface area (TPSA) is 44.1 Å². The number of benzene rings is 2. The molecule has 3 aromatic rings. The molecule has 1 heterocycles. The third kappa shape index (κ3) is 3.38. The van der Waals surface area contributed by atoms with Gasteiger partial charge in [-0.05, 0) is 30.2 Å². The molecule has 0 spiro atoms. The number of ether oxygens (including phenoxy) is 1. The number of carbonyl (C=O) groups excluding carboxylic acids is 1. The SMILES string of the molecule is COc1cc(-c2cnn(C)c2)ccc1C(=O)Cc1cccc(C)c1. The van der Waals surface area contributed by atoms with Gasteiger partial charge in [0.1, 0.15) is 5.75 Å². The highest BCUT2D eigenvalue weighted by atomic mass is 16.5. The number of Topliss-reactive ketones (excluding diaryl/α,β-unsaturated/α-hetero) is 1. The van der Waals surface area contributed by atoms with Gasteiger partial charge in [-0.1, -0.05) is 35.9 Å². The quantitative estimate of drug-likeness (QED) is 0.671. The summed E-state index contributed by atoms with van der Waals surface area (Å²) in [6, 6.07) is 13.7. The Morgan fingerprint density at radius 3 is 2.67 bits per heavy atom. The largest absolute Gasteiger partial charge is 0.496 e. The summed E-state index contributed by atoms with van der Waals surface area (Å²) in [5.74, 6) is 0.643. The van der Waals surface area contributed by atoms with Crippen LogP contribution in [0.15, 0.2) is 54.9 Å². The standard InChI is InChI=1S/C20H20N2O2/c1-14-5-4-6-15(9-14)10-19(23)18-8-7-16(11-20(18)24-3)17-12-21-22(2)13-17/h4-9,11-13H,10H2,1-3H3. The molecule has 0 saturated carbocycles. The third-order valence-corrected chi connectivity index (χ3v) is 3.99. The molecule has 0 saturated heterocycles. The first-order valence-corrected chi connectivity index (χ1v) is 7.82. The Balaban J connectivity index is 1.88. The lowest BCUT2D eigenvalue weighted by molar-refractivity contribution is 0.0990. The molecule has 0 fully saturated rings. The average molecular weight is 320 g/mol. The predicted molar refractivity (Wildman–Crippen MR) is 94.4 cm³/mol. The second-order valence-electron chi connectivity index (χ2n) is 5.91. The summed E-state index contributed by atoms with van der Waals surface area (Å²) >= 11 is 0. The molecule has 0 bridgehead atoms. The molecule has 24 heavy (non-hydrogen) atoms. The van der Waals surface area contributed by atoms with Crippen molar-refractivity contribution in [3.63, 3.8) is 0 Å². The van der Waals surface area contributed by atoms with Gasteiger partial charge in [0, 0.05) is 25.2 Å². The van der Waals surface area contributed by atoms with Gasteiger partial charge in [0.15, 0.2) is 5.78 Å². The monoisotopic (exact) mass is 320 g/mol. The van der Waals surface area contributed by atoms with Crippen LogP contribution < -0.4 is 4.74 Å². The fourth-order valence-electron chi connectivity index (χ4n) is 2.77. The van der Waals surface area contributed by atoms with E-state index < -0.39 is 0 Å². The second-order valence-corrected chi connectivity index (χ2v) is 5.91. The van der Waals surface area contributed by atoms with Crippen molar-refractivity contribution in [3.8, 4) is 16.9 Å². The first-order chi connectivity index (χ1) is 11.6. The molecule has 122 valence electrons. The molecular formula is C20H20N2O2. The van der Waals surface area contributed by atoms with E-state index in [0.717, 1.165) is 22.3 Å². The van der Waals surface area contributed by atoms with Gasteiger partial charge in [-0.25, -0.2) is 0 Å². The lowest BCUT2D eigenvalue weighted by Gasteiger charge is -2.10. The summed E-state index contributed by atoms with van der Waals surface area (Å²) in [4.78, 5) is 12.7. The van der Waals surface area contributed by atoms with Crippen LogP contribution in [-0.4, -0.2) is 22.7 Å². The van der Waals surface area contributed by atoms with Crippen LogP contribution in [0.1, 0.15) is 21.5 Å². The minimum atomic E-state index is 0.0511. The molecule has 0 radical (unpaired) electrons. The van der Waals surface area contributed by atoms with Crippen LogP contribution in [0.3, 0.4) is 0 Å². The van der Waals surface area contributed by atoms with Crippen molar-refractivity contribution in [2.75, 3.05) is 7.11 Å². The van der Waals surface area contributed by atoms with Crippen molar-refractivity contribution in [3.05, 3.63) is 71.5 Å². The Morgan fingerprint density at radius 1 is 1.17 bits per heavy atom. The van der Waals surface area contributed by atoms with Gasteiger partial charge < -0.3 is 4.74 Å². The van der Waals surface area contributed by atoms with Gasteiger partial charge in [-0.3, -0.25) is 9.48 Å². The number of methoxy groups -OCH3 is 1. The molecule has 4 nitrogen and oxygen atoms in total. The van der Waals surface area contributed by atoms with Crippen molar-refractivity contribution in [1.82, 2.24) is 9.78 Å². The van der Waals surface area contributed by atoms with Crippen LogP contribution in [0.25, 0.3) is 11.1 Å². The summed E-state index contributed by atoms with van der Waals surface area (Å²) in [7, 11) is 3.46. The zero-order valence-electron chi connectivity index (χ0n) is 14.1. The summed E-state index contributed by atoms with van der Waals surface area (Å²) < 4.78 is 7.20. The molecule has 0 aliphatic carbocycles. The Labute approximate surface area is 141 Å². The number of aromatic nitrogens is 2. The Bertz CT molecular complexity index is 881. The highest BCUT2D eigenvalue weighted by Gasteiger charge is 2.14. The predicted octanol–water partition coefficient (Wildman–Crippen LogP) is 3.83. The zero-order chi connectivity index (χ0) is 17.1. The normalized spacial score (nSPS) is 10.6. The van der Waals surface area contributed by atoms with E-state index in [0.29, 0.717) is 17.7 Å². The second kappa shape index (κ2) is 6.71. The Kier molecular flexibility index (Phi) is 4.47. The lowest BCUT2D eigenvalue weighted by Crippen LogP contribution is -2.06. The van der Waals surface area contributed by atoms with Crippen molar-refractivity contribution >= 4 is 5.78 Å². The first kappa shape index (κ1) is 16.0. The summed E-state index contributed by atoms with van der Waals surface area (Å²) in [6.45, 7) is 2.03. The van der Waals surface area contributed by atoms with Crippen LogP contribution in [0.5, 0.6) is 5.75 Å². The maximum absolute atomic E-state index is 12.7. The first-order valence-electron chi connectivity index (χ1n) is 7.82. The van der Waals surface area contributed by atoms with E-state index in [9.17, 15) is 4.79 Å². The number of aryl methyl sites for hydroxylation is 2. The summed E-state index contributed by atoms with van der Waals surface area (Å²) in [5.41, 5.74) is 4.74. The van der Waals surface area contributed by atoms with Crippen molar-refractivity contribution < 1.29 is 9.53 Å². The molecule has 0 aliphatic heterocycles. The minimum absolute atomic E-state index is 0.0511. The van der Waals surface area contributed by atoms with Crippen molar-refractivity contribution in [2.45, 2.75) is 13.3 Å². The average Bonchev–Trinajstić information content (AvgIpc) is 3.00. The van der Waals surface area contributed by atoms with E-state index in [1.54, 1.807) is 18.0 Å². The molecule has 0 aliphatic rings. The Hall–Kier alpha value is -2.88. The fourth-order valence-corrected chi connectivity index (χ4v) is 2.77. The van der Waals surface area contributed by atoms with Gasteiger partial charge >= 0.3 is 0 Å².